The highest BCUT2D eigenvalue weighted by Gasteiger charge is 2.05. The minimum atomic E-state index is 0.910. The second-order valence-corrected chi connectivity index (χ2v) is 3.18. The summed E-state index contributed by atoms with van der Waals surface area (Å²) in [6.45, 7) is 2.14. The summed E-state index contributed by atoms with van der Waals surface area (Å²) >= 11 is 0. The molecule has 2 aromatic rings. The lowest BCUT2D eigenvalue weighted by Crippen LogP contribution is -1.91. The van der Waals surface area contributed by atoms with Crippen LogP contribution in [-0.4, -0.2) is 12.1 Å². The number of hydrogen-bond acceptors (Lipinski definition) is 2. The predicted molar refractivity (Wildman–Crippen MR) is 57.7 cm³/mol. The maximum absolute atomic E-state index is 5.33. The summed E-state index contributed by atoms with van der Waals surface area (Å²) in [5, 5.41) is 1.14. The van der Waals surface area contributed by atoms with Crippen LogP contribution in [0.2, 0.25) is 0 Å². The summed E-state index contributed by atoms with van der Waals surface area (Å²) in [5.74, 6) is 0.910. The van der Waals surface area contributed by atoms with Gasteiger partial charge in [0.1, 0.15) is 5.75 Å². The Kier molecular flexibility index (Phi) is 2.35. The molecule has 0 amide bonds. The molecule has 1 aromatic carbocycles. The third kappa shape index (κ3) is 1.33. The highest BCUT2D eigenvalue weighted by molar-refractivity contribution is 5.88. The lowest BCUT2D eigenvalue weighted by Gasteiger charge is -2.08. The summed E-state index contributed by atoms with van der Waals surface area (Å²) in [6, 6.07) is 8.07. The van der Waals surface area contributed by atoms with Crippen LogP contribution in [0.1, 0.15) is 12.5 Å². The van der Waals surface area contributed by atoms with Gasteiger partial charge < -0.3 is 4.74 Å². The molecule has 72 valence electrons. The van der Waals surface area contributed by atoms with E-state index >= 15 is 0 Å². The van der Waals surface area contributed by atoms with Crippen molar-refractivity contribution >= 4 is 10.9 Å². The van der Waals surface area contributed by atoms with E-state index in [2.05, 4.69) is 18.0 Å². The molecule has 0 bridgehead atoms. The summed E-state index contributed by atoms with van der Waals surface area (Å²) in [4.78, 5) is 4.32. The fraction of sp³-hybridized carbons (Fsp3) is 0.250. The Hall–Kier alpha value is -1.57. The Morgan fingerprint density at radius 1 is 1.29 bits per heavy atom. The van der Waals surface area contributed by atoms with Crippen LogP contribution in [0, 0.1) is 0 Å². The first kappa shape index (κ1) is 9.00. The van der Waals surface area contributed by atoms with Crippen LogP contribution in [0.3, 0.4) is 0 Å². The molecule has 0 fully saturated rings. The first-order valence-corrected chi connectivity index (χ1v) is 4.77. The van der Waals surface area contributed by atoms with Gasteiger partial charge in [0.25, 0.3) is 0 Å². The second kappa shape index (κ2) is 3.66. The molecule has 0 atom stereocenters. The van der Waals surface area contributed by atoms with Crippen molar-refractivity contribution in [2.45, 2.75) is 13.3 Å². The van der Waals surface area contributed by atoms with Crippen molar-refractivity contribution < 1.29 is 4.74 Å². The average molecular weight is 187 g/mol. The first-order chi connectivity index (χ1) is 6.86. The van der Waals surface area contributed by atoms with E-state index in [-0.39, 0.29) is 0 Å². The Morgan fingerprint density at radius 3 is 2.86 bits per heavy atom. The van der Waals surface area contributed by atoms with Gasteiger partial charge in [0, 0.05) is 11.6 Å². The summed E-state index contributed by atoms with van der Waals surface area (Å²) in [5.41, 5.74) is 2.29. The van der Waals surface area contributed by atoms with E-state index in [0.29, 0.717) is 0 Å². The standard InChI is InChI=1S/C12H13NO/c1-3-9-5-4-6-10-12(9)11(14-2)7-8-13-10/h4-8H,3H2,1-2H3. The van der Waals surface area contributed by atoms with E-state index in [0.717, 1.165) is 23.1 Å². The number of aromatic nitrogens is 1. The Balaban J connectivity index is 2.81. The van der Waals surface area contributed by atoms with Crippen molar-refractivity contribution in [2.24, 2.45) is 0 Å². The van der Waals surface area contributed by atoms with Crippen molar-refractivity contribution in [3.05, 3.63) is 36.0 Å². The zero-order valence-electron chi connectivity index (χ0n) is 8.45. The molecule has 0 N–H and O–H groups in total. The van der Waals surface area contributed by atoms with Crippen LogP contribution in [0.15, 0.2) is 30.5 Å². The highest BCUT2D eigenvalue weighted by atomic mass is 16.5. The average Bonchev–Trinajstić information content (AvgIpc) is 2.27. The lowest BCUT2D eigenvalue weighted by molar-refractivity contribution is 0.419. The minimum Gasteiger partial charge on any atom is -0.496 e. The number of ether oxygens (including phenoxy) is 1. The smallest absolute Gasteiger partial charge is 0.130 e. The normalized spacial score (nSPS) is 10.4. The van der Waals surface area contributed by atoms with Gasteiger partial charge in [0.05, 0.1) is 12.6 Å². The Bertz CT molecular complexity index is 412. The third-order valence-corrected chi connectivity index (χ3v) is 2.42. The number of pyridine rings is 1. The molecule has 0 aliphatic heterocycles. The predicted octanol–water partition coefficient (Wildman–Crippen LogP) is 2.81. The maximum Gasteiger partial charge on any atom is 0.130 e. The van der Waals surface area contributed by atoms with E-state index in [1.165, 1.54) is 5.56 Å². The highest BCUT2D eigenvalue weighted by Crippen LogP contribution is 2.27. The molecule has 0 unspecified atom stereocenters. The van der Waals surface area contributed by atoms with Crippen LogP contribution in [-0.2, 0) is 6.42 Å². The number of nitrogens with zero attached hydrogens (tertiary/aromatic N) is 1. The second-order valence-electron chi connectivity index (χ2n) is 3.18. The van der Waals surface area contributed by atoms with Gasteiger partial charge in [-0.2, -0.15) is 0 Å². The summed E-state index contributed by atoms with van der Waals surface area (Å²) in [7, 11) is 1.70. The molecule has 14 heavy (non-hydrogen) atoms. The van der Waals surface area contributed by atoms with Crippen LogP contribution in [0.4, 0.5) is 0 Å². The number of methoxy groups -OCH3 is 1. The monoisotopic (exact) mass is 187 g/mol. The van der Waals surface area contributed by atoms with Gasteiger partial charge in [0.15, 0.2) is 0 Å². The SMILES string of the molecule is CCc1cccc2nccc(OC)c12. The quantitative estimate of drug-likeness (QED) is 0.721. The van der Waals surface area contributed by atoms with Gasteiger partial charge in [0.2, 0.25) is 0 Å². The number of fused-ring (bicyclic) bond motifs is 1. The fourth-order valence-corrected chi connectivity index (χ4v) is 1.71. The topological polar surface area (TPSA) is 22.1 Å². The van der Waals surface area contributed by atoms with Gasteiger partial charge in [-0.15, -0.1) is 0 Å². The summed E-state index contributed by atoms with van der Waals surface area (Å²) in [6.07, 6.45) is 2.78. The number of aryl methyl sites for hydroxylation is 1. The molecule has 0 saturated carbocycles. The van der Waals surface area contributed by atoms with E-state index in [4.69, 9.17) is 4.74 Å². The molecular formula is C12H13NO. The molecule has 0 radical (unpaired) electrons. The van der Waals surface area contributed by atoms with Crippen molar-refractivity contribution in [2.75, 3.05) is 7.11 Å². The molecule has 0 spiro atoms. The number of hydrogen-bond donors (Lipinski definition) is 0. The minimum absolute atomic E-state index is 0.910. The molecule has 0 aliphatic rings. The molecular weight excluding hydrogens is 174 g/mol. The van der Waals surface area contributed by atoms with E-state index < -0.39 is 0 Å². The number of benzene rings is 1. The van der Waals surface area contributed by atoms with Gasteiger partial charge in [-0.3, -0.25) is 4.98 Å². The van der Waals surface area contributed by atoms with E-state index in [9.17, 15) is 0 Å². The van der Waals surface area contributed by atoms with Gasteiger partial charge in [-0.05, 0) is 24.1 Å². The van der Waals surface area contributed by atoms with E-state index in [1.54, 1.807) is 13.3 Å². The zero-order valence-corrected chi connectivity index (χ0v) is 8.45. The van der Waals surface area contributed by atoms with Crippen molar-refractivity contribution in [3.8, 4) is 5.75 Å². The molecule has 0 saturated heterocycles. The maximum atomic E-state index is 5.33. The molecule has 1 heterocycles. The van der Waals surface area contributed by atoms with Crippen molar-refractivity contribution in [1.82, 2.24) is 4.98 Å². The van der Waals surface area contributed by atoms with Crippen LogP contribution in [0.5, 0.6) is 5.75 Å². The zero-order chi connectivity index (χ0) is 9.97. The fourth-order valence-electron chi connectivity index (χ4n) is 1.71. The van der Waals surface area contributed by atoms with Crippen molar-refractivity contribution in [3.63, 3.8) is 0 Å². The molecule has 2 nitrogen and oxygen atoms in total. The van der Waals surface area contributed by atoms with Crippen LogP contribution >= 0.6 is 0 Å². The van der Waals surface area contributed by atoms with Gasteiger partial charge in [-0.1, -0.05) is 19.1 Å². The number of rotatable bonds is 2. The van der Waals surface area contributed by atoms with Gasteiger partial charge >= 0.3 is 0 Å². The van der Waals surface area contributed by atoms with E-state index in [1.807, 2.05) is 18.2 Å². The lowest BCUT2D eigenvalue weighted by atomic mass is 10.1. The van der Waals surface area contributed by atoms with Crippen LogP contribution < -0.4 is 4.74 Å². The van der Waals surface area contributed by atoms with Gasteiger partial charge in [-0.25, -0.2) is 0 Å². The van der Waals surface area contributed by atoms with Crippen LogP contribution in [0.25, 0.3) is 10.9 Å². The molecule has 1 aromatic heterocycles. The Labute approximate surface area is 83.5 Å². The summed E-state index contributed by atoms with van der Waals surface area (Å²) < 4.78 is 5.33. The molecule has 2 rings (SSSR count). The molecule has 2 heteroatoms. The third-order valence-electron chi connectivity index (χ3n) is 2.42. The first-order valence-electron chi connectivity index (χ1n) is 4.77. The molecule has 0 aliphatic carbocycles. The van der Waals surface area contributed by atoms with Crippen molar-refractivity contribution in [1.29, 1.82) is 0 Å². The largest absolute Gasteiger partial charge is 0.496 e. The Morgan fingerprint density at radius 2 is 2.14 bits per heavy atom.